The quantitative estimate of drug-likeness (QED) is 0.850. The van der Waals surface area contributed by atoms with Crippen LogP contribution in [0.1, 0.15) is 23.2 Å². The Kier molecular flexibility index (Phi) is 4.71. The van der Waals surface area contributed by atoms with Gasteiger partial charge < -0.3 is 15.0 Å². The molecule has 1 saturated heterocycles. The third-order valence-electron chi connectivity index (χ3n) is 2.78. The van der Waals surface area contributed by atoms with Crippen LogP contribution in [-0.2, 0) is 4.74 Å². The van der Waals surface area contributed by atoms with Gasteiger partial charge in [-0.15, -0.1) is 11.3 Å². The number of ether oxygens (including phenoxy) is 1. The minimum Gasteiger partial charge on any atom is -0.367 e. The van der Waals surface area contributed by atoms with Gasteiger partial charge in [-0.1, -0.05) is 0 Å². The number of nitrogens with one attached hydrogen (secondary N) is 1. The van der Waals surface area contributed by atoms with Crippen molar-refractivity contribution in [3.8, 4) is 6.07 Å². The van der Waals surface area contributed by atoms with Gasteiger partial charge in [0.2, 0.25) is 0 Å². The van der Waals surface area contributed by atoms with E-state index in [4.69, 9.17) is 10.00 Å². The van der Waals surface area contributed by atoms with Gasteiger partial charge in [0.1, 0.15) is 11.1 Å². The lowest BCUT2D eigenvalue weighted by atomic mass is 10.3. The fourth-order valence-corrected chi connectivity index (χ4v) is 2.68. The molecular weight excluding hydrogens is 264 g/mol. The Morgan fingerprint density at radius 3 is 3.32 bits per heavy atom. The molecule has 0 aliphatic carbocycles. The lowest BCUT2D eigenvalue weighted by Gasteiger charge is -2.31. The van der Waals surface area contributed by atoms with Crippen LogP contribution in [-0.4, -0.2) is 42.2 Å². The van der Waals surface area contributed by atoms with Gasteiger partial charge in [0, 0.05) is 24.2 Å². The first-order valence-electron chi connectivity index (χ1n) is 6.14. The van der Waals surface area contributed by atoms with Crippen LogP contribution >= 0.6 is 11.3 Å². The first-order chi connectivity index (χ1) is 9.20. The zero-order valence-corrected chi connectivity index (χ0v) is 11.6. The molecule has 2 rings (SSSR count). The van der Waals surface area contributed by atoms with Gasteiger partial charge >= 0.3 is 6.03 Å². The molecule has 0 saturated carbocycles. The molecule has 1 atom stereocenters. The summed E-state index contributed by atoms with van der Waals surface area (Å²) in [5.41, 5.74) is 0.971. The number of rotatable bonds is 3. The van der Waals surface area contributed by atoms with Crippen LogP contribution in [0.3, 0.4) is 0 Å². The monoisotopic (exact) mass is 280 g/mol. The fourth-order valence-electron chi connectivity index (χ4n) is 1.84. The first-order valence-corrected chi connectivity index (χ1v) is 7.02. The number of amides is 2. The minimum absolute atomic E-state index is 0.142. The zero-order chi connectivity index (χ0) is 13.7. The van der Waals surface area contributed by atoms with E-state index in [9.17, 15) is 4.79 Å². The Labute approximate surface area is 116 Å². The normalized spacial score (nSPS) is 18.9. The Balaban J connectivity index is 1.90. The second kappa shape index (κ2) is 6.50. The Bertz CT molecular complexity index is 482. The van der Waals surface area contributed by atoms with Crippen LogP contribution in [0.4, 0.5) is 4.79 Å². The highest BCUT2D eigenvalue weighted by atomic mass is 32.1. The second-order valence-corrected chi connectivity index (χ2v) is 5.16. The molecule has 102 valence electrons. The van der Waals surface area contributed by atoms with Crippen LogP contribution in [0.15, 0.2) is 5.38 Å². The molecule has 1 aliphatic heterocycles. The van der Waals surface area contributed by atoms with Gasteiger partial charge in [0.15, 0.2) is 0 Å². The summed E-state index contributed by atoms with van der Waals surface area (Å²) in [5.74, 6) is 0. The number of aromatic nitrogens is 1. The molecule has 1 aromatic rings. The number of morpholine rings is 1. The van der Waals surface area contributed by atoms with Crippen LogP contribution in [0.5, 0.6) is 0 Å². The first kappa shape index (κ1) is 13.8. The van der Waals surface area contributed by atoms with Crippen molar-refractivity contribution in [2.75, 3.05) is 26.2 Å². The maximum atomic E-state index is 11.9. The summed E-state index contributed by atoms with van der Waals surface area (Å²) in [6, 6.07) is 1.86. The van der Waals surface area contributed by atoms with Gasteiger partial charge in [-0.05, 0) is 6.92 Å². The average molecular weight is 280 g/mol. The zero-order valence-electron chi connectivity index (χ0n) is 10.8. The van der Waals surface area contributed by atoms with Gasteiger partial charge in [0.25, 0.3) is 0 Å². The third-order valence-corrected chi connectivity index (χ3v) is 3.83. The molecule has 6 nitrogen and oxygen atoms in total. The fraction of sp³-hybridized carbons (Fsp3) is 0.583. The van der Waals surface area contributed by atoms with E-state index in [1.807, 2.05) is 18.4 Å². The van der Waals surface area contributed by atoms with Crippen molar-refractivity contribution in [2.24, 2.45) is 0 Å². The van der Waals surface area contributed by atoms with Crippen molar-refractivity contribution in [1.29, 1.82) is 5.26 Å². The lowest BCUT2D eigenvalue weighted by Crippen LogP contribution is -2.47. The highest BCUT2D eigenvalue weighted by molar-refractivity contribution is 7.09. The number of carbonyl (C=O) groups is 1. The van der Waals surface area contributed by atoms with Crippen LogP contribution in [0.2, 0.25) is 0 Å². The number of thiazole rings is 1. The SMILES string of the molecule is Cc1csc([C@H]2CN(C(=O)NCCC#N)CCO2)n1. The summed E-state index contributed by atoms with van der Waals surface area (Å²) in [6.07, 6.45) is 0.180. The van der Waals surface area contributed by atoms with Gasteiger partial charge in [-0.2, -0.15) is 5.26 Å². The number of hydrogen-bond acceptors (Lipinski definition) is 5. The standard InChI is InChI=1S/C12H16N4O2S/c1-9-8-19-11(15-9)10-7-16(5-6-18-10)12(17)14-4-2-3-13/h8,10H,2,4-7H2,1H3,(H,14,17)/t10-/m1/s1. The predicted molar refractivity (Wildman–Crippen MR) is 70.7 cm³/mol. The second-order valence-electron chi connectivity index (χ2n) is 4.27. The van der Waals surface area contributed by atoms with Crippen molar-refractivity contribution in [1.82, 2.24) is 15.2 Å². The van der Waals surface area contributed by atoms with Gasteiger partial charge in [0.05, 0.1) is 25.6 Å². The summed E-state index contributed by atoms with van der Waals surface area (Å²) in [4.78, 5) is 18.0. The lowest BCUT2D eigenvalue weighted by molar-refractivity contribution is -0.0155. The van der Waals surface area contributed by atoms with E-state index in [0.717, 1.165) is 10.7 Å². The van der Waals surface area contributed by atoms with E-state index in [1.54, 1.807) is 16.2 Å². The summed E-state index contributed by atoms with van der Waals surface area (Å²) in [6.45, 7) is 3.91. The summed E-state index contributed by atoms with van der Waals surface area (Å²) in [5, 5.41) is 14.0. The molecule has 0 unspecified atom stereocenters. The highest BCUT2D eigenvalue weighted by Crippen LogP contribution is 2.25. The molecule has 0 spiro atoms. The maximum absolute atomic E-state index is 11.9. The topological polar surface area (TPSA) is 78.2 Å². The van der Waals surface area contributed by atoms with Crippen molar-refractivity contribution < 1.29 is 9.53 Å². The number of aryl methyl sites for hydroxylation is 1. The molecule has 0 bridgehead atoms. The molecule has 7 heteroatoms. The average Bonchev–Trinajstić information content (AvgIpc) is 2.86. The van der Waals surface area contributed by atoms with E-state index in [0.29, 0.717) is 32.7 Å². The largest absolute Gasteiger partial charge is 0.367 e. The Morgan fingerprint density at radius 2 is 2.63 bits per heavy atom. The summed E-state index contributed by atoms with van der Waals surface area (Å²) in [7, 11) is 0. The molecule has 2 amide bonds. The highest BCUT2D eigenvalue weighted by Gasteiger charge is 2.26. The number of nitriles is 1. The molecule has 0 aromatic carbocycles. The van der Waals surface area contributed by atoms with E-state index >= 15 is 0 Å². The van der Waals surface area contributed by atoms with E-state index in [1.165, 1.54) is 0 Å². The van der Waals surface area contributed by atoms with Crippen molar-refractivity contribution in [3.63, 3.8) is 0 Å². The van der Waals surface area contributed by atoms with Crippen molar-refractivity contribution in [2.45, 2.75) is 19.4 Å². The van der Waals surface area contributed by atoms with Crippen LogP contribution in [0, 0.1) is 18.3 Å². The number of urea groups is 1. The molecule has 2 heterocycles. The molecule has 1 N–H and O–H groups in total. The van der Waals surface area contributed by atoms with Crippen LogP contribution < -0.4 is 5.32 Å². The third kappa shape index (κ3) is 3.66. The molecular formula is C12H16N4O2S. The molecule has 0 radical (unpaired) electrons. The summed E-state index contributed by atoms with van der Waals surface area (Å²) >= 11 is 1.55. The smallest absolute Gasteiger partial charge is 0.317 e. The van der Waals surface area contributed by atoms with Gasteiger partial charge in [-0.3, -0.25) is 0 Å². The molecule has 1 fully saturated rings. The Morgan fingerprint density at radius 1 is 1.79 bits per heavy atom. The Hall–Kier alpha value is -1.65. The number of nitrogens with zero attached hydrogens (tertiary/aromatic N) is 3. The van der Waals surface area contributed by atoms with Crippen LogP contribution in [0.25, 0.3) is 0 Å². The molecule has 1 aliphatic rings. The molecule has 1 aromatic heterocycles. The number of hydrogen-bond donors (Lipinski definition) is 1. The van der Waals surface area contributed by atoms with Crippen molar-refractivity contribution >= 4 is 17.4 Å². The summed E-state index contributed by atoms with van der Waals surface area (Å²) < 4.78 is 5.66. The van der Waals surface area contributed by atoms with Crippen molar-refractivity contribution in [3.05, 3.63) is 16.1 Å². The van der Waals surface area contributed by atoms with E-state index in [-0.39, 0.29) is 12.1 Å². The van der Waals surface area contributed by atoms with E-state index in [2.05, 4.69) is 10.3 Å². The predicted octanol–water partition coefficient (Wildman–Crippen LogP) is 1.45. The number of carbonyl (C=O) groups excluding carboxylic acids is 1. The maximum Gasteiger partial charge on any atom is 0.317 e. The minimum atomic E-state index is -0.144. The van der Waals surface area contributed by atoms with E-state index < -0.39 is 0 Å². The van der Waals surface area contributed by atoms with Gasteiger partial charge in [-0.25, -0.2) is 9.78 Å². The molecule has 19 heavy (non-hydrogen) atoms.